The lowest BCUT2D eigenvalue weighted by molar-refractivity contribution is -0.158. The summed E-state index contributed by atoms with van der Waals surface area (Å²) >= 11 is 0. The first-order valence-corrected chi connectivity index (χ1v) is 11.3. The molecule has 6 nitrogen and oxygen atoms in total. The van der Waals surface area contributed by atoms with Gasteiger partial charge < -0.3 is 15.3 Å². The first-order chi connectivity index (χ1) is 14.0. The number of ketones is 1. The molecule has 0 radical (unpaired) electrons. The number of aliphatic hydroxyl groups is 1. The second-order valence-electron chi connectivity index (χ2n) is 10.8. The van der Waals surface area contributed by atoms with E-state index in [1.165, 1.54) is 12.5 Å². The summed E-state index contributed by atoms with van der Waals surface area (Å²) in [6.45, 7) is 5.92. The number of hydrogen-bond acceptors (Lipinski definition) is 4. The van der Waals surface area contributed by atoms with Gasteiger partial charge in [0.2, 0.25) is 0 Å². The molecule has 4 rings (SSSR count). The molecule has 0 unspecified atom stereocenters. The summed E-state index contributed by atoms with van der Waals surface area (Å²) in [5.41, 5.74) is 1.06. The minimum Gasteiger partial charge on any atom is -0.481 e. The van der Waals surface area contributed by atoms with Crippen molar-refractivity contribution in [3.05, 3.63) is 11.6 Å². The first-order valence-electron chi connectivity index (χ1n) is 11.3. The largest absolute Gasteiger partial charge is 0.481 e. The number of rotatable bonds is 4. The molecule has 0 bridgehead atoms. The highest BCUT2D eigenvalue weighted by atomic mass is 16.4. The summed E-state index contributed by atoms with van der Waals surface area (Å²) in [6.07, 6.45) is 7.70. The zero-order valence-electron chi connectivity index (χ0n) is 18.1. The zero-order chi connectivity index (χ0) is 22.0. The molecular formula is C24H34O6. The summed E-state index contributed by atoms with van der Waals surface area (Å²) in [4.78, 5) is 36.4. The predicted octanol–water partition coefficient (Wildman–Crippen LogP) is 3.53. The lowest BCUT2D eigenvalue weighted by atomic mass is 9.47. The number of hydrogen-bond donors (Lipinski definition) is 3. The van der Waals surface area contributed by atoms with Crippen LogP contribution in [0.1, 0.15) is 65.7 Å². The summed E-state index contributed by atoms with van der Waals surface area (Å²) in [7, 11) is 0. The van der Waals surface area contributed by atoms with Crippen LogP contribution in [0, 0.1) is 46.3 Å². The molecule has 0 aromatic rings. The molecule has 4 aliphatic rings. The molecule has 166 valence electrons. The molecule has 0 aromatic heterocycles. The molecule has 3 saturated carbocycles. The number of fused-ring (bicyclic) bond motifs is 5. The number of aliphatic hydroxyl groups excluding tert-OH is 1. The molecule has 30 heavy (non-hydrogen) atoms. The summed E-state index contributed by atoms with van der Waals surface area (Å²) in [5, 5.41) is 29.5. The molecule has 0 heterocycles. The molecule has 6 heteroatoms. The highest BCUT2D eigenvalue weighted by molar-refractivity contribution is 5.94. The number of Topliss-reactive ketones (excluding diaryl/α,β-unsaturated/α-hetero) is 1. The maximum Gasteiger partial charge on any atom is 0.318 e. The first kappa shape index (κ1) is 21.5. The summed E-state index contributed by atoms with van der Waals surface area (Å²) in [5.74, 6) is -4.52. The van der Waals surface area contributed by atoms with E-state index in [1.54, 1.807) is 0 Å². The molecule has 0 aliphatic heterocycles. The fourth-order valence-corrected chi connectivity index (χ4v) is 8.30. The van der Waals surface area contributed by atoms with Crippen LogP contribution in [0.3, 0.4) is 0 Å². The Bertz CT molecular complexity index is 788. The molecule has 3 N–H and O–H groups in total. The Hall–Kier alpha value is -1.69. The molecule has 0 amide bonds. The molecule has 4 aliphatic carbocycles. The Morgan fingerprint density at radius 3 is 2.33 bits per heavy atom. The Morgan fingerprint density at radius 1 is 1.07 bits per heavy atom. The van der Waals surface area contributed by atoms with E-state index in [9.17, 15) is 29.7 Å². The van der Waals surface area contributed by atoms with Crippen molar-refractivity contribution in [1.29, 1.82) is 0 Å². The van der Waals surface area contributed by atoms with Crippen LogP contribution in [-0.4, -0.2) is 39.1 Å². The van der Waals surface area contributed by atoms with Crippen LogP contribution in [-0.2, 0) is 14.4 Å². The van der Waals surface area contributed by atoms with Crippen molar-refractivity contribution in [2.75, 3.05) is 0 Å². The lowest BCUT2D eigenvalue weighted by Crippen LogP contribution is -2.51. The normalized spacial score (nSPS) is 45.2. The highest BCUT2D eigenvalue weighted by Crippen LogP contribution is 2.68. The van der Waals surface area contributed by atoms with E-state index < -0.39 is 29.7 Å². The fourth-order valence-electron chi connectivity index (χ4n) is 8.30. The summed E-state index contributed by atoms with van der Waals surface area (Å²) in [6, 6.07) is 0. The van der Waals surface area contributed by atoms with E-state index in [4.69, 9.17) is 0 Å². The van der Waals surface area contributed by atoms with E-state index in [-0.39, 0.29) is 28.6 Å². The molecule has 0 spiro atoms. The maximum atomic E-state index is 12.7. The van der Waals surface area contributed by atoms with E-state index >= 15 is 0 Å². The van der Waals surface area contributed by atoms with Gasteiger partial charge in [-0.1, -0.05) is 25.5 Å². The Balaban J connectivity index is 1.72. The Kier molecular flexibility index (Phi) is 5.16. The number of carbonyl (C=O) groups excluding carboxylic acids is 1. The topological polar surface area (TPSA) is 112 Å². The minimum absolute atomic E-state index is 0.0479. The van der Waals surface area contributed by atoms with Crippen LogP contribution in [0.5, 0.6) is 0 Å². The molecule has 0 aromatic carbocycles. The van der Waals surface area contributed by atoms with Crippen molar-refractivity contribution >= 4 is 17.7 Å². The smallest absolute Gasteiger partial charge is 0.318 e. The zero-order valence-corrected chi connectivity index (χ0v) is 18.1. The summed E-state index contributed by atoms with van der Waals surface area (Å²) < 4.78 is 0. The molecule has 8 atom stereocenters. The standard InChI is InChI=1S/C24H34O6/c1-12(25)20-16(19(21(27)28)22(29)30)11-18-15-5-4-13-10-14(26)6-8-23(13,2)17(15)7-9-24(18,20)3/h4,14-20,26H,5-11H2,1-3H3,(H,27,28)(H,29,30)/t14-,15+,16-,17-,18-,20-,23-,24-/m0/s1. The van der Waals surface area contributed by atoms with Gasteiger partial charge in [-0.25, -0.2) is 0 Å². The second-order valence-corrected chi connectivity index (χ2v) is 10.8. The van der Waals surface area contributed by atoms with Crippen LogP contribution < -0.4 is 0 Å². The van der Waals surface area contributed by atoms with Crippen LogP contribution in [0.25, 0.3) is 0 Å². The van der Waals surface area contributed by atoms with Crippen LogP contribution in [0.2, 0.25) is 0 Å². The SMILES string of the molecule is CC(=O)[C@H]1[C@H](C(C(=O)O)C(=O)O)C[C@H]2[C@@H]3CC=C4C[C@@H](O)CC[C@]4(C)[C@H]3CC[C@@]21C. The van der Waals surface area contributed by atoms with E-state index in [0.29, 0.717) is 18.3 Å². The molecule has 0 saturated heterocycles. The van der Waals surface area contributed by atoms with Crippen molar-refractivity contribution in [1.82, 2.24) is 0 Å². The van der Waals surface area contributed by atoms with Gasteiger partial charge in [-0.2, -0.15) is 0 Å². The van der Waals surface area contributed by atoms with Crippen molar-refractivity contribution < 1.29 is 29.7 Å². The van der Waals surface area contributed by atoms with Gasteiger partial charge in [0.05, 0.1) is 6.10 Å². The Labute approximate surface area is 177 Å². The maximum absolute atomic E-state index is 12.7. The van der Waals surface area contributed by atoms with E-state index in [1.807, 2.05) is 0 Å². The third kappa shape index (κ3) is 2.97. The molecular weight excluding hydrogens is 384 g/mol. The van der Waals surface area contributed by atoms with Crippen molar-refractivity contribution in [3.8, 4) is 0 Å². The van der Waals surface area contributed by atoms with Crippen molar-refractivity contribution in [2.24, 2.45) is 46.3 Å². The minimum atomic E-state index is -1.53. The number of carboxylic acids is 2. The number of carboxylic acid groups (broad SMARTS) is 2. The van der Waals surface area contributed by atoms with Gasteiger partial charge in [0.15, 0.2) is 5.92 Å². The predicted molar refractivity (Wildman–Crippen MR) is 110 cm³/mol. The van der Waals surface area contributed by atoms with Crippen molar-refractivity contribution in [2.45, 2.75) is 71.8 Å². The average molecular weight is 419 g/mol. The third-order valence-electron chi connectivity index (χ3n) is 9.58. The Morgan fingerprint density at radius 2 is 1.73 bits per heavy atom. The monoisotopic (exact) mass is 418 g/mol. The average Bonchev–Trinajstić information content (AvgIpc) is 2.94. The second kappa shape index (κ2) is 7.18. The van der Waals surface area contributed by atoms with Gasteiger partial charge in [-0.3, -0.25) is 14.4 Å². The van der Waals surface area contributed by atoms with Gasteiger partial charge in [0.1, 0.15) is 5.78 Å². The van der Waals surface area contributed by atoms with Crippen LogP contribution in [0.15, 0.2) is 11.6 Å². The quantitative estimate of drug-likeness (QED) is 0.476. The number of carbonyl (C=O) groups is 3. The van der Waals surface area contributed by atoms with E-state index in [2.05, 4.69) is 19.9 Å². The molecule has 3 fully saturated rings. The van der Waals surface area contributed by atoms with Gasteiger partial charge in [-0.05, 0) is 86.4 Å². The van der Waals surface area contributed by atoms with E-state index in [0.717, 1.165) is 38.5 Å². The van der Waals surface area contributed by atoms with Gasteiger partial charge in [-0.15, -0.1) is 0 Å². The number of aliphatic carboxylic acids is 2. The van der Waals surface area contributed by atoms with Gasteiger partial charge >= 0.3 is 11.9 Å². The highest BCUT2D eigenvalue weighted by Gasteiger charge is 2.64. The fraction of sp³-hybridized carbons (Fsp3) is 0.792. The van der Waals surface area contributed by atoms with Crippen molar-refractivity contribution in [3.63, 3.8) is 0 Å². The third-order valence-corrected chi connectivity index (χ3v) is 9.58. The van der Waals surface area contributed by atoms with Crippen LogP contribution in [0.4, 0.5) is 0 Å². The van der Waals surface area contributed by atoms with Gasteiger partial charge in [0, 0.05) is 5.92 Å². The van der Waals surface area contributed by atoms with Gasteiger partial charge in [0.25, 0.3) is 0 Å². The lowest BCUT2D eigenvalue weighted by Gasteiger charge is -2.57. The number of allylic oxidation sites excluding steroid dienone is 1. The van der Waals surface area contributed by atoms with Crippen LogP contribution >= 0.6 is 0 Å².